The summed E-state index contributed by atoms with van der Waals surface area (Å²) in [6.07, 6.45) is 6.94. The minimum absolute atomic E-state index is 0.771. The zero-order valence-electron chi connectivity index (χ0n) is 10.6. The maximum Gasteiger partial charge on any atom is 0.0201 e. The van der Waals surface area contributed by atoms with Crippen LogP contribution in [-0.4, -0.2) is 23.6 Å². The highest BCUT2D eigenvalue weighted by Gasteiger charge is 2.26. The molecule has 1 N–H and O–H groups in total. The van der Waals surface area contributed by atoms with Gasteiger partial charge in [0.25, 0.3) is 0 Å². The molecule has 1 rings (SSSR count). The first-order chi connectivity index (χ1) is 7.31. The predicted molar refractivity (Wildman–Crippen MR) is 71.6 cm³/mol. The summed E-state index contributed by atoms with van der Waals surface area (Å²) in [7, 11) is 0. The Morgan fingerprint density at radius 3 is 2.47 bits per heavy atom. The molecule has 2 atom stereocenters. The highest BCUT2D eigenvalue weighted by atomic mass is 32.2. The van der Waals surface area contributed by atoms with E-state index in [1.165, 1.54) is 37.9 Å². The minimum Gasteiger partial charge on any atom is -0.313 e. The predicted octanol–water partition coefficient (Wildman–Crippen LogP) is 3.69. The Balaban J connectivity index is 2.40. The smallest absolute Gasteiger partial charge is 0.0201 e. The lowest BCUT2D eigenvalue weighted by molar-refractivity contribution is 0.359. The number of nitrogens with one attached hydrogen (secondary N) is 1. The molecule has 1 nitrogen and oxygen atoms in total. The summed E-state index contributed by atoms with van der Waals surface area (Å²) in [4.78, 5) is 0. The first kappa shape index (κ1) is 13.4. The lowest BCUT2D eigenvalue weighted by Gasteiger charge is -2.27. The van der Waals surface area contributed by atoms with Gasteiger partial charge in [-0.05, 0) is 37.5 Å². The van der Waals surface area contributed by atoms with E-state index in [2.05, 4.69) is 37.8 Å². The largest absolute Gasteiger partial charge is 0.313 e. The monoisotopic (exact) mass is 229 g/mol. The van der Waals surface area contributed by atoms with Crippen LogP contribution in [0.2, 0.25) is 0 Å². The number of thioether (sulfide) groups is 1. The summed E-state index contributed by atoms with van der Waals surface area (Å²) in [5.41, 5.74) is 0. The number of hydrogen-bond acceptors (Lipinski definition) is 2. The van der Waals surface area contributed by atoms with Crippen LogP contribution in [0.4, 0.5) is 0 Å². The molecule has 0 aromatic rings. The van der Waals surface area contributed by atoms with Crippen LogP contribution >= 0.6 is 11.8 Å². The standard InChI is InChI=1S/C13H27NS/c1-4-11(5-2)10-12(14-6-3)13-8-7-9-15-13/h11-14H,4-10H2,1-3H3. The van der Waals surface area contributed by atoms with Crippen molar-refractivity contribution in [2.75, 3.05) is 12.3 Å². The second-order valence-electron chi connectivity index (χ2n) is 4.63. The van der Waals surface area contributed by atoms with Gasteiger partial charge in [-0.2, -0.15) is 11.8 Å². The molecule has 0 spiro atoms. The van der Waals surface area contributed by atoms with Crippen molar-refractivity contribution in [2.24, 2.45) is 5.92 Å². The molecular weight excluding hydrogens is 202 g/mol. The van der Waals surface area contributed by atoms with Crippen LogP contribution in [0.1, 0.15) is 52.9 Å². The van der Waals surface area contributed by atoms with Gasteiger partial charge in [0.15, 0.2) is 0 Å². The Bertz CT molecular complexity index is 151. The van der Waals surface area contributed by atoms with E-state index in [4.69, 9.17) is 0 Å². The molecule has 1 saturated heterocycles. The van der Waals surface area contributed by atoms with Crippen LogP contribution in [0, 0.1) is 5.92 Å². The molecule has 0 aromatic carbocycles. The second-order valence-corrected chi connectivity index (χ2v) is 5.98. The zero-order chi connectivity index (χ0) is 11.1. The van der Waals surface area contributed by atoms with Crippen molar-refractivity contribution >= 4 is 11.8 Å². The Morgan fingerprint density at radius 2 is 2.00 bits per heavy atom. The highest BCUT2D eigenvalue weighted by molar-refractivity contribution is 8.00. The minimum atomic E-state index is 0.771. The van der Waals surface area contributed by atoms with Crippen molar-refractivity contribution in [3.63, 3.8) is 0 Å². The van der Waals surface area contributed by atoms with Gasteiger partial charge in [0, 0.05) is 11.3 Å². The van der Waals surface area contributed by atoms with Crippen LogP contribution in [0.15, 0.2) is 0 Å². The molecule has 1 heterocycles. The van der Waals surface area contributed by atoms with E-state index in [-0.39, 0.29) is 0 Å². The van der Waals surface area contributed by atoms with Gasteiger partial charge in [0.05, 0.1) is 0 Å². The van der Waals surface area contributed by atoms with Crippen molar-refractivity contribution in [3.05, 3.63) is 0 Å². The third-order valence-corrected chi connectivity index (χ3v) is 5.14. The van der Waals surface area contributed by atoms with Crippen molar-refractivity contribution in [1.82, 2.24) is 5.32 Å². The van der Waals surface area contributed by atoms with E-state index in [1.54, 1.807) is 0 Å². The molecule has 0 bridgehead atoms. The zero-order valence-corrected chi connectivity index (χ0v) is 11.4. The molecule has 90 valence electrons. The first-order valence-corrected chi connectivity index (χ1v) is 7.71. The molecule has 1 fully saturated rings. The molecule has 0 amide bonds. The molecule has 0 saturated carbocycles. The number of hydrogen-bond donors (Lipinski definition) is 1. The molecule has 2 unspecified atom stereocenters. The summed E-state index contributed by atoms with van der Waals surface area (Å²) in [6.45, 7) is 8.03. The average molecular weight is 229 g/mol. The van der Waals surface area contributed by atoms with Crippen LogP contribution in [0.25, 0.3) is 0 Å². The lowest BCUT2D eigenvalue weighted by atomic mass is 9.92. The third kappa shape index (κ3) is 4.36. The van der Waals surface area contributed by atoms with E-state index in [0.29, 0.717) is 0 Å². The van der Waals surface area contributed by atoms with Gasteiger partial charge >= 0.3 is 0 Å². The summed E-state index contributed by atoms with van der Waals surface area (Å²) >= 11 is 2.19. The van der Waals surface area contributed by atoms with Gasteiger partial charge < -0.3 is 5.32 Å². The van der Waals surface area contributed by atoms with Crippen molar-refractivity contribution in [3.8, 4) is 0 Å². The highest BCUT2D eigenvalue weighted by Crippen LogP contribution is 2.32. The summed E-state index contributed by atoms with van der Waals surface area (Å²) in [5, 5.41) is 4.60. The van der Waals surface area contributed by atoms with E-state index in [0.717, 1.165) is 23.8 Å². The fraction of sp³-hybridized carbons (Fsp3) is 1.00. The number of rotatable bonds is 7. The quantitative estimate of drug-likeness (QED) is 0.714. The van der Waals surface area contributed by atoms with Gasteiger partial charge in [0.1, 0.15) is 0 Å². The first-order valence-electron chi connectivity index (χ1n) is 6.66. The molecule has 2 heteroatoms. The van der Waals surface area contributed by atoms with Crippen molar-refractivity contribution in [1.29, 1.82) is 0 Å². The molecule has 1 aliphatic heterocycles. The van der Waals surface area contributed by atoms with Crippen molar-refractivity contribution < 1.29 is 0 Å². The Hall–Kier alpha value is 0.310. The maximum absolute atomic E-state index is 3.70. The molecule has 0 aromatic heterocycles. The molecule has 0 radical (unpaired) electrons. The van der Waals surface area contributed by atoms with Gasteiger partial charge in [-0.1, -0.05) is 33.6 Å². The molecular formula is C13H27NS. The molecule has 15 heavy (non-hydrogen) atoms. The Labute approximate surface area is 99.8 Å². The summed E-state index contributed by atoms with van der Waals surface area (Å²) in [6, 6.07) is 0.771. The van der Waals surface area contributed by atoms with E-state index >= 15 is 0 Å². The van der Waals surface area contributed by atoms with Gasteiger partial charge in [-0.3, -0.25) is 0 Å². The third-order valence-electron chi connectivity index (χ3n) is 3.62. The van der Waals surface area contributed by atoms with Crippen LogP contribution in [0.5, 0.6) is 0 Å². The topological polar surface area (TPSA) is 12.0 Å². The summed E-state index contributed by atoms with van der Waals surface area (Å²) < 4.78 is 0. The SMILES string of the molecule is CCNC(CC(CC)CC)C1CCCS1. The van der Waals surface area contributed by atoms with Crippen molar-refractivity contribution in [2.45, 2.75) is 64.2 Å². The van der Waals surface area contributed by atoms with E-state index in [1.807, 2.05) is 0 Å². The Kier molecular flexibility index (Phi) is 6.74. The van der Waals surface area contributed by atoms with Crippen LogP contribution in [-0.2, 0) is 0 Å². The van der Waals surface area contributed by atoms with Gasteiger partial charge in [-0.25, -0.2) is 0 Å². The van der Waals surface area contributed by atoms with E-state index < -0.39 is 0 Å². The molecule has 1 aliphatic rings. The van der Waals surface area contributed by atoms with Crippen LogP contribution < -0.4 is 5.32 Å². The van der Waals surface area contributed by atoms with Gasteiger partial charge in [-0.15, -0.1) is 0 Å². The Morgan fingerprint density at radius 1 is 1.27 bits per heavy atom. The second kappa shape index (κ2) is 7.56. The molecule has 0 aliphatic carbocycles. The summed E-state index contributed by atoms with van der Waals surface area (Å²) in [5.74, 6) is 2.31. The van der Waals surface area contributed by atoms with Crippen LogP contribution in [0.3, 0.4) is 0 Å². The maximum atomic E-state index is 3.70. The lowest BCUT2D eigenvalue weighted by Crippen LogP contribution is -2.38. The normalized spacial score (nSPS) is 23.6. The average Bonchev–Trinajstić information content (AvgIpc) is 2.77. The van der Waals surface area contributed by atoms with Gasteiger partial charge in [0.2, 0.25) is 0 Å². The van der Waals surface area contributed by atoms with E-state index in [9.17, 15) is 0 Å². The fourth-order valence-corrected chi connectivity index (χ4v) is 3.94. The fourth-order valence-electron chi connectivity index (χ4n) is 2.53.